The first-order valence-electron chi connectivity index (χ1n) is 9.13. The fourth-order valence-corrected chi connectivity index (χ4v) is 3.08. The lowest BCUT2D eigenvalue weighted by Crippen LogP contribution is -2.41. The maximum atomic E-state index is 13.1. The molecule has 1 aromatic carbocycles. The average Bonchev–Trinajstić information content (AvgIpc) is 3.36. The molecule has 2 aromatic rings. The van der Waals surface area contributed by atoms with Crippen LogP contribution in [0.3, 0.4) is 0 Å². The van der Waals surface area contributed by atoms with Crippen LogP contribution in [-0.2, 0) is 9.59 Å². The highest BCUT2D eigenvalue weighted by Gasteiger charge is 2.31. The monoisotopic (exact) mass is 355 g/mol. The van der Waals surface area contributed by atoms with Crippen molar-refractivity contribution in [3.05, 3.63) is 47.7 Å². The molecule has 2 amide bonds. The summed E-state index contributed by atoms with van der Waals surface area (Å²) in [5.74, 6) is 1.04. The number of amides is 2. The van der Waals surface area contributed by atoms with Crippen molar-refractivity contribution in [3.8, 4) is 0 Å². The molecule has 0 unspecified atom stereocenters. The second kappa shape index (κ2) is 8.17. The van der Waals surface area contributed by atoms with Gasteiger partial charge in [-0.25, -0.2) is 0 Å². The lowest BCUT2D eigenvalue weighted by molar-refractivity contribution is -0.136. The third kappa shape index (κ3) is 4.71. The summed E-state index contributed by atoms with van der Waals surface area (Å²) in [4.78, 5) is 27.2. The van der Waals surface area contributed by atoms with Crippen molar-refractivity contribution in [1.82, 2.24) is 10.1 Å². The molecule has 1 N–H and O–H groups in total. The molecular formula is C20H25N3O3. The van der Waals surface area contributed by atoms with E-state index in [-0.39, 0.29) is 24.3 Å². The minimum Gasteiger partial charge on any atom is -0.360 e. The van der Waals surface area contributed by atoms with Crippen molar-refractivity contribution in [3.63, 3.8) is 0 Å². The van der Waals surface area contributed by atoms with Gasteiger partial charge in [0, 0.05) is 12.6 Å². The molecule has 138 valence electrons. The summed E-state index contributed by atoms with van der Waals surface area (Å²) in [7, 11) is 0. The molecule has 0 spiro atoms. The zero-order valence-corrected chi connectivity index (χ0v) is 15.3. The number of carbonyl (C=O) groups excluding carboxylic acids is 2. The van der Waals surface area contributed by atoms with Gasteiger partial charge in [0.15, 0.2) is 5.82 Å². The molecule has 1 fully saturated rings. The van der Waals surface area contributed by atoms with Gasteiger partial charge in [0.25, 0.3) is 0 Å². The molecule has 1 aliphatic carbocycles. The number of hydrogen-bond donors (Lipinski definition) is 1. The molecule has 26 heavy (non-hydrogen) atoms. The van der Waals surface area contributed by atoms with E-state index in [2.05, 4.69) is 10.5 Å². The van der Waals surface area contributed by atoms with Gasteiger partial charge in [-0.3, -0.25) is 9.59 Å². The zero-order valence-electron chi connectivity index (χ0n) is 15.3. The fraction of sp³-hybridized carbons (Fsp3) is 0.450. The summed E-state index contributed by atoms with van der Waals surface area (Å²) >= 11 is 0. The Balaban J connectivity index is 1.69. The van der Waals surface area contributed by atoms with Crippen LogP contribution < -0.4 is 5.32 Å². The number of benzene rings is 1. The molecule has 1 aromatic heterocycles. The molecule has 1 saturated carbocycles. The standard InChI is InChI=1S/C20H25N3O3/c1-3-17(16-7-5-4-6-8-16)20(25)23(12-15-9-10-15)13-19(24)21-18-11-14(2)26-22-18/h4-8,11,15,17H,3,9-10,12-13H2,1-2H3,(H,21,22,24)/t17-/m0/s1. The van der Waals surface area contributed by atoms with Gasteiger partial charge in [-0.2, -0.15) is 0 Å². The molecule has 6 heteroatoms. The minimum absolute atomic E-state index is 0.0112. The topological polar surface area (TPSA) is 75.4 Å². The van der Waals surface area contributed by atoms with Crippen molar-refractivity contribution >= 4 is 17.6 Å². The molecule has 6 nitrogen and oxygen atoms in total. The van der Waals surface area contributed by atoms with Gasteiger partial charge in [-0.05, 0) is 37.7 Å². The van der Waals surface area contributed by atoms with E-state index in [1.165, 1.54) is 0 Å². The summed E-state index contributed by atoms with van der Waals surface area (Å²) in [5.41, 5.74) is 0.994. The van der Waals surface area contributed by atoms with E-state index in [9.17, 15) is 9.59 Å². The van der Waals surface area contributed by atoms with Crippen LogP contribution in [-0.4, -0.2) is 35.0 Å². The normalized spacial score (nSPS) is 14.7. The van der Waals surface area contributed by atoms with Crippen LogP contribution >= 0.6 is 0 Å². The Morgan fingerprint density at radius 3 is 2.62 bits per heavy atom. The zero-order chi connectivity index (χ0) is 18.5. The highest BCUT2D eigenvalue weighted by molar-refractivity contribution is 5.95. The first-order chi connectivity index (χ1) is 12.6. The number of aromatic nitrogens is 1. The Morgan fingerprint density at radius 1 is 1.31 bits per heavy atom. The van der Waals surface area contributed by atoms with Gasteiger partial charge in [0.1, 0.15) is 5.76 Å². The van der Waals surface area contributed by atoms with Crippen LogP contribution in [0.4, 0.5) is 5.82 Å². The summed E-state index contributed by atoms with van der Waals surface area (Å²) in [6.45, 7) is 4.43. The third-order valence-electron chi connectivity index (χ3n) is 4.63. The van der Waals surface area contributed by atoms with Gasteiger partial charge in [0.2, 0.25) is 11.8 Å². The van der Waals surface area contributed by atoms with E-state index in [1.54, 1.807) is 17.9 Å². The van der Waals surface area contributed by atoms with Gasteiger partial charge in [-0.15, -0.1) is 0 Å². The quantitative estimate of drug-likeness (QED) is 0.788. The van der Waals surface area contributed by atoms with E-state index in [4.69, 9.17) is 4.52 Å². The number of hydrogen-bond acceptors (Lipinski definition) is 4. The van der Waals surface area contributed by atoms with Crippen molar-refractivity contribution in [2.45, 2.75) is 39.0 Å². The van der Waals surface area contributed by atoms with Crippen LogP contribution in [0.15, 0.2) is 40.9 Å². The van der Waals surface area contributed by atoms with Gasteiger partial charge < -0.3 is 14.7 Å². The molecule has 0 radical (unpaired) electrons. The molecule has 3 rings (SSSR count). The van der Waals surface area contributed by atoms with Crippen LogP contribution in [0.2, 0.25) is 0 Å². The van der Waals surface area contributed by atoms with Gasteiger partial charge in [0.05, 0.1) is 12.5 Å². The Hall–Kier alpha value is -2.63. The summed E-state index contributed by atoms with van der Waals surface area (Å²) in [5, 5.41) is 6.47. The lowest BCUT2D eigenvalue weighted by atomic mass is 9.95. The summed E-state index contributed by atoms with van der Waals surface area (Å²) in [6.07, 6.45) is 2.94. The molecule has 0 bridgehead atoms. The maximum Gasteiger partial charge on any atom is 0.245 e. The largest absolute Gasteiger partial charge is 0.360 e. The minimum atomic E-state index is -0.254. The number of nitrogens with one attached hydrogen (secondary N) is 1. The summed E-state index contributed by atoms with van der Waals surface area (Å²) in [6, 6.07) is 11.4. The molecule has 1 atom stereocenters. The van der Waals surface area contributed by atoms with E-state index < -0.39 is 0 Å². The van der Waals surface area contributed by atoms with Crippen molar-refractivity contribution in [1.29, 1.82) is 0 Å². The number of anilines is 1. The Morgan fingerprint density at radius 2 is 2.04 bits per heavy atom. The average molecular weight is 355 g/mol. The predicted octanol–water partition coefficient (Wildman–Crippen LogP) is 3.35. The van der Waals surface area contributed by atoms with Crippen LogP contribution in [0.5, 0.6) is 0 Å². The Bertz CT molecular complexity index is 753. The van der Waals surface area contributed by atoms with Crippen LogP contribution in [0.1, 0.15) is 43.4 Å². The second-order valence-corrected chi connectivity index (χ2v) is 6.90. The molecule has 0 saturated heterocycles. The number of aryl methyl sites for hydroxylation is 1. The van der Waals surface area contributed by atoms with E-state index in [0.717, 1.165) is 18.4 Å². The van der Waals surface area contributed by atoms with Crippen molar-refractivity contribution in [2.75, 3.05) is 18.4 Å². The molecule has 0 aliphatic heterocycles. The van der Waals surface area contributed by atoms with E-state index in [1.807, 2.05) is 37.3 Å². The van der Waals surface area contributed by atoms with Crippen molar-refractivity contribution in [2.24, 2.45) is 5.92 Å². The summed E-state index contributed by atoms with van der Waals surface area (Å²) < 4.78 is 4.96. The third-order valence-corrected chi connectivity index (χ3v) is 4.63. The first-order valence-corrected chi connectivity index (χ1v) is 9.13. The Kier molecular flexibility index (Phi) is 5.71. The lowest BCUT2D eigenvalue weighted by Gasteiger charge is -2.26. The van der Waals surface area contributed by atoms with E-state index in [0.29, 0.717) is 30.5 Å². The molecule has 1 aliphatic rings. The molecular weight excluding hydrogens is 330 g/mol. The highest BCUT2D eigenvalue weighted by atomic mass is 16.5. The SMILES string of the molecule is CC[C@H](C(=O)N(CC(=O)Nc1cc(C)on1)CC1CC1)c1ccccc1. The Labute approximate surface area is 153 Å². The van der Waals surface area contributed by atoms with Gasteiger partial charge in [-0.1, -0.05) is 42.4 Å². The molecule has 1 heterocycles. The smallest absolute Gasteiger partial charge is 0.245 e. The predicted molar refractivity (Wildman–Crippen MR) is 98.6 cm³/mol. The van der Waals surface area contributed by atoms with E-state index >= 15 is 0 Å². The second-order valence-electron chi connectivity index (χ2n) is 6.90. The van der Waals surface area contributed by atoms with Crippen LogP contribution in [0, 0.1) is 12.8 Å². The highest BCUT2D eigenvalue weighted by Crippen LogP contribution is 2.31. The number of rotatable bonds is 8. The van der Waals surface area contributed by atoms with Crippen LogP contribution in [0.25, 0.3) is 0 Å². The number of carbonyl (C=O) groups is 2. The number of nitrogens with zero attached hydrogens (tertiary/aromatic N) is 2. The fourth-order valence-electron chi connectivity index (χ4n) is 3.08. The maximum absolute atomic E-state index is 13.1. The van der Waals surface area contributed by atoms with Gasteiger partial charge >= 0.3 is 0 Å². The van der Waals surface area contributed by atoms with Crippen molar-refractivity contribution < 1.29 is 14.1 Å². The first kappa shape index (κ1) is 18.2.